The van der Waals surface area contributed by atoms with Gasteiger partial charge >= 0.3 is 0 Å². The topological polar surface area (TPSA) is 95.0 Å². The molecule has 0 amide bonds. The van der Waals surface area contributed by atoms with Crippen LogP contribution in [-0.2, 0) is 23.0 Å². The number of aldehydes is 1. The standard InChI is InChI=1S/C16H13FN2O3S.C11H17N3/c17-13-9-11(10-20)6-7-14(13)19-23(21,22)15-5-1-3-12-4-2-8-18-16(12)15;1-13-6-8-14(9-7-13)10-11-4-2-3-5-12-11/h1,3,5-10,19H,2,4H2;2-5H,6-10H2,1H3. The highest BCUT2D eigenvalue weighted by Crippen LogP contribution is 2.33. The number of carbonyl (C=O) groups excluding carboxylic acids is 1. The van der Waals surface area contributed by atoms with E-state index in [0.29, 0.717) is 18.4 Å². The quantitative estimate of drug-likeness (QED) is 0.492. The van der Waals surface area contributed by atoms with Crippen molar-refractivity contribution in [2.75, 3.05) is 37.9 Å². The molecule has 0 bridgehead atoms. The molecule has 0 radical (unpaired) electrons. The number of piperazine rings is 1. The number of hydrogen-bond donors (Lipinski definition) is 1. The van der Waals surface area contributed by atoms with Crippen LogP contribution in [0.1, 0.15) is 28.0 Å². The van der Waals surface area contributed by atoms with Crippen LogP contribution in [0, 0.1) is 5.82 Å². The molecule has 37 heavy (non-hydrogen) atoms. The molecule has 1 fully saturated rings. The monoisotopic (exact) mass is 523 g/mol. The van der Waals surface area contributed by atoms with Crippen molar-refractivity contribution in [2.45, 2.75) is 24.3 Å². The highest BCUT2D eigenvalue weighted by molar-refractivity contribution is 7.92. The van der Waals surface area contributed by atoms with Gasteiger partial charge in [-0.05, 0) is 61.9 Å². The van der Waals surface area contributed by atoms with E-state index in [2.05, 4.69) is 43.7 Å². The predicted octanol–water partition coefficient (Wildman–Crippen LogP) is 3.92. The minimum atomic E-state index is -3.99. The van der Waals surface area contributed by atoms with Gasteiger partial charge in [0.15, 0.2) is 0 Å². The number of aliphatic imine (C=N–C) groups is 1. The van der Waals surface area contributed by atoms with E-state index in [4.69, 9.17) is 0 Å². The Labute approximate surface area is 216 Å². The van der Waals surface area contributed by atoms with E-state index in [1.807, 2.05) is 18.3 Å². The molecule has 2 aliphatic heterocycles. The summed E-state index contributed by atoms with van der Waals surface area (Å²) in [5.74, 6) is -0.813. The summed E-state index contributed by atoms with van der Waals surface area (Å²) in [5, 5.41) is 0. The summed E-state index contributed by atoms with van der Waals surface area (Å²) in [5.41, 5.74) is 2.32. The SMILES string of the molecule is CN1CCN(Cc2ccccn2)CC1.O=Cc1ccc(NS(=O)(=O)c2cccc3c2N=CCC3)c(F)c1. The summed E-state index contributed by atoms with van der Waals surface area (Å²) in [6.45, 7) is 5.66. The summed E-state index contributed by atoms with van der Waals surface area (Å²) >= 11 is 0. The first kappa shape index (κ1) is 26.6. The highest BCUT2D eigenvalue weighted by Gasteiger charge is 2.23. The van der Waals surface area contributed by atoms with Crippen molar-refractivity contribution >= 4 is 33.9 Å². The summed E-state index contributed by atoms with van der Waals surface area (Å²) in [6, 6.07) is 14.5. The van der Waals surface area contributed by atoms with Crippen LogP contribution in [0.5, 0.6) is 0 Å². The minimum Gasteiger partial charge on any atom is -0.304 e. The smallest absolute Gasteiger partial charge is 0.264 e. The molecule has 8 nitrogen and oxygen atoms in total. The molecule has 2 aromatic carbocycles. The number of nitrogens with one attached hydrogen (secondary N) is 1. The third kappa shape index (κ3) is 7.06. The Hall–Kier alpha value is -3.47. The van der Waals surface area contributed by atoms with E-state index < -0.39 is 15.8 Å². The van der Waals surface area contributed by atoms with Gasteiger partial charge in [-0.15, -0.1) is 0 Å². The number of hydrogen-bond acceptors (Lipinski definition) is 7. The fourth-order valence-corrected chi connectivity index (χ4v) is 5.38. The van der Waals surface area contributed by atoms with Crippen LogP contribution in [0.15, 0.2) is 70.7 Å². The Balaban J connectivity index is 0.000000195. The van der Waals surface area contributed by atoms with E-state index in [-0.39, 0.29) is 16.1 Å². The Morgan fingerprint density at radius 2 is 1.86 bits per heavy atom. The van der Waals surface area contributed by atoms with Crippen molar-refractivity contribution in [1.82, 2.24) is 14.8 Å². The van der Waals surface area contributed by atoms with Crippen LogP contribution < -0.4 is 4.72 Å². The second-order valence-corrected chi connectivity index (χ2v) is 10.6. The van der Waals surface area contributed by atoms with Gasteiger partial charge in [-0.3, -0.25) is 24.4 Å². The van der Waals surface area contributed by atoms with Crippen molar-refractivity contribution in [1.29, 1.82) is 0 Å². The molecule has 194 valence electrons. The van der Waals surface area contributed by atoms with Gasteiger partial charge in [0.05, 0.1) is 17.1 Å². The molecule has 3 aromatic rings. The molecule has 1 aromatic heterocycles. The van der Waals surface area contributed by atoms with E-state index in [1.54, 1.807) is 12.3 Å². The van der Waals surface area contributed by atoms with Gasteiger partial charge in [0.2, 0.25) is 0 Å². The predicted molar refractivity (Wildman–Crippen MR) is 143 cm³/mol. The first-order valence-corrected chi connectivity index (χ1v) is 13.6. The third-order valence-electron chi connectivity index (χ3n) is 6.22. The molecule has 0 unspecified atom stereocenters. The lowest BCUT2D eigenvalue weighted by Gasteiger charge is -2.31. The summed E-state index contributed by atoms with van der Waals surface area (Å²) in [6.07, 6.45) is 5.49. The van der Waals surface area contributed by atoms with Crippen LogP contribution in [0.3, 0.4) is 0 Å². The zero-order valence-electron chi connectivity index (χ0n) is 20.7. The number of halogens is 1. The van der Waals surface area contributed by atoms with E-state index in [1.165, 1.54) is 37.0 Å². The van der Waals surface area contributed by atoms with Crippen molar-refractivity contribution in [3.63, 3.8) is 0 Å². The first-order valence-electron chi connectivity index (χ1n) is 12.1. The summed E-state index contributed by atoms with van der Waals surface area (Å²) in [7, 11) is -1.81. The number of pyridine rings is 1. The number of carbonyl (C=O) groups is 1. The van der Waals surface area contributed by atoms with E-state index in [0.717, 1.165) is 37.7 Å². The second-order valence-electron chi connectivity index (χ2n) is 8.98. The number of aromatic nitrogens is 1. The lowest BCUT2D eigenvalue weighted by atomic mass is 10.1. The number of aryl methyl sites for hydroxylation is 1. The number of rotatable bonds is 6. The maximum atomic E-state index is 13.9. The highest BCUT2D eigenvalue weighted by atomic mass is 32.2. The van der Waals surface area contributed by atoms with Crippen molar-refractivity contribution in [3.8, 4) is 0 Å². The molecule has 0 atom stereocenters. The molecule has 0 spiro atoms. The lowest BCUT2D eigenvalue weighted by molar-refractivity contribution is 0.112. The van der Waals surface area contributed by atoms with E-state index in [9.17, 15) is 17.6 Å². The van der Waals surface area contributed by atoms with Gasteiger partial charge in [-0.25, -0.2) is 12.8 Å². The number of nitrogens with zero attached hydrogens (tertiary/aromatic N) is 4. The van der Waals surface area contributed by atoms with Crippen LogP contribution >= 0.6 is 0 Å². The largest absolute Gasteiger partial charge is 0.304 e. The van der Waals surface area contributed by atoms with Gasteiger partial charge in [0.25, 0.3) is 10.0 Å². The van der Waals surface area contributed by atoms with Crippen molar-refractivity contribution < 1.29 is 17.6 Å². The average Bonchev–Trinajstić information content (AvgIpc) is 2.91. The molecular weight excluding hydrogens is 493 g/mol. The molecule has 10 heteroatoms. The zero-order chi connectivity index (χ0) is 26.3. The lowest BCUT2D eigenvalue weighted by Crippen LogP contribution is -2.43. The van der Waals surface area contributed by atoms with Gasteiger partial charge in [0.1, 0.15) is 17.0 Å². The van der Waals surface area contributed by atoms with Crippen molar-refractivity contribution in [2.24, 2.45) is 4.99 Å². The molecule has 0 aliphatic carbocycles. The molecule has 1 saturated heterocycles. The first-order chi connectivity index (χ1) is 17.9. The van der Waals surface area contributed by atoms with Gasteiger partial charge in [0, 0.05) is 50.7 Å². The number of anilines is 1. The van der Waals surface area contributed by atoms with Crippen LogP contribution in [0.2, 0.25) is 0 Å². The van der Waals surface area contributed by atoms with Crippen LogP contribution in [0.25, 0.3) is 0 Å². The zero-order valence-corrected chi connectivity index (χ0v) is 21.5. The number of para-hydroxylation sites is 1. The molecule has 3 heterocycles. The molecule has 5 rings (SSSR count). The third-order valence-corrected chi connectivity index (χ3v) is 7.61. The van der Waals surface area contributed by atoms with Crippen LogP contribution in [0.4, 0.5) is 15.8 Å². The van der Waals surface area contributed by atoms with Crippen molar-refractivity contribution in [3.05, 3.63) is 83.4 Å². The second kappa shape index (κ2) is 12.2. The number of sulfonamides is 1. The normalized spacial score (nSPS) is 15.8. The average molecular weight is 524 g/mol. The number of fused-ring (bicyclic) bond motifs is 1. The fourth-order valence-electron chi connectivity index (χ4n) is 4.12. The van der Waals surface area contributed by atoms with Crippen LogP contribution in [-0.4, -0.2) is 68.9 Å². The fraction of sp³-hybridized carbons (Fsp3) is 0.296. The van der Waals surface area contributed by atoms with Gasteiger partial charge < -0.3 is 4.90 Å². The van der Waals surface area contributed by atoms with Gasteiger partial charge in [-0.1, -0.05) is 18.2 Å². The molecule has 2 aliphatic rings. The van der Waals surface area contributed by atoms with E-state index >= 15 is 0 Å². The maximum absolute atomic E-state index is 13.9. The summed E-state index contributed by atoms with van der Waals surface area (Å²) < 4.78 is 41.2. The van der Waals surface area contributed by atoms with Gasteiger partial charge in [-0.2, -0.15) is 0 Å². The Morgan fingerprint density at radius 3 is 2.57 bits per heavy atom. The number of benzene rings is 2. The molecule has 0 saturated carbocycles. The Morgan fingerprint density at radius 1 is 1.05 bits per heavy atom. The Bertz CT molecular complexity index is 1360. The molecule has 1 N–H and O–H groups in total. The molecular formula is C27H30FN5O3S. The maximum Gasteiger partial charge on any atom is 0.264 e. The minimum absolute atomic E-state index is 0.00446. The summed E-state index contributed by atoms with van der Waals surface area (Å²) in [4.78, 5) is 24.0. The Kier molecular flexibility index (Phi) is 8.75. The number of likely N-dealkylation sites (N-methyl/N-ethyl adjacent to an activating group) is 1.